The first-order chi connectivity index (χ1) is 9.29. The van der Waals surface area contributed by atoms with Crippen molar-refractivity contribution >= 4 is 5.95 Å². The fourth-order valence-electron chi connectivity index (χ4n) is 1.86. The van der Waals surface area contributed by atoms with Gasteiger partial charge in [-0.2, -0.15) is 4.98 Å². The van der Waals surface area contributed by atoms with E-state index in [0.717, 1.165) is 19.4 Å². The molecule has 1 aromatic carbocycles. The Hall–Kier alpha value is -2.10. The molecule has 2 aromatic rings. The van der Waals surface area contributed by atoms with Crippen molar-refractivity contribution in [1.82, 2.24) is 9.55 Å². The Morgan fingerprint density at radius 1 is 1.21 bits per heavy atom. The first kappa shape index (κ1) is 13.3. The zero-order valence-electron chi connectivity index (χ0n) is 11.2. The highest BCUT2D eigenvalue weighted by molar-refractivity contribution is 5.27. The predicted molar refractivity (Wildman–Crippen MR) is 77.4 cm³/mol. The summed E-state index contributed by atoms with van der Waals surface area (Å²) in [5.41, 5.74) is 0.981. The maximum atomic E-state index is 11.4. The Bertz CT molecular complexity index is 563. The summed E-state index contributed by atoms with van der Waals surface area (Å²) in [6, 6.07) is 11.6. The van der Waals surface area contributed by atoms with Crippen LogP contribution >= 0.6 is 0 Å². The highest BCUT2D eigenvalue weighted by Gasteiger charge is 2.02. The maximum absolute atomic E-state index is 11.4. The summed E-state index contributed by atoms with van der Waals surface area (Å²) in [6.07, 6.45) is 3.97. The second-order valence-electron chi connectivity index (χ2n) is 4.48. The Kier molecular flexibility index (Phi) is 4.72. The third kappa shape index (κ3) is 3.95. The molecule has 0 unspecified atom stereocenters. The van der Waals surface area contributed by atoms with Crippen molar-refractivity contribution in [2.45, 2.75) is 26.3 Å². The molecule has 1 N–H and O–H groups in total. The number of unbranched alkanes of at least 4 members (excludes halogenated alkanes) is 1. The minimum atomic E-state index is -0.205. The molecule has 19 heavy (non-hydrogen) atoms. The molecule has 0 saturated carbocycles. The van der Waals surface area contributed by atoms with Gasteiger partial charge in [-0.25, -0.2) is 0 Å². The molecule has 0 fully saturated rings. The molecule has 0 amide bonds. The molecule has 4 heteroatoms. The van der Waals surface area contributed by atoms with Crippen LogP contribution in [0.1, 0.15) is 25.3 Å². The zero-order chi connectivity index (χ0) is 13.5. The van der Waals surface area contributed by atoms with Crippen molar-refractivity contribution in [1.29, 1.82) is 0 Å². The van der Waals surface area contributed by atoms with Gasteiger partial charge in [0.05, 0.1) is 6.54 Å². The fourth-order valence-corrected chi connectivity index (χ4v) is 1.86. The van der Waals surface area contributed by atoms with Gasteiger partial charge in [-0.3, -0.25) is 4.79 Å². The standard InChI is InChI=1S/C15H19N3O/c1-2-3-10-16-15-17-14(19)9-11-18(15)12-13-7-5-4-6-8-13/h4-9,11H,2-3,10,12H2,1H3,(H,16,17,19). The van der Waals surface area contributed by atoms with Gasteiger partial charge in [-0.05, 0) is 12.0 Å². The Morgan fingerprint density at radius 2 is 2.00 bits per heavy atom. The number of hydrogen-bond acceptors (Lipinski definition) is 3. The van der Waals surface area contributed by atoms with E-state index in [1.807, 2.05) is 22.8 Å². The van der Waals surface area contributed by atoms with E-state index in [4.69, 9.17) is 0 Å². The molecule has 0 spiro atoms. The van der Waals surface area contributed by atoms with Crippen molar-refractivity contribution in [2.75, 3.05) is 11.9 Å². The second kappa shape index (κ2) is 6.73. The molecule has 0 aliphatic carbocycles. The van der Waals surface area contributed by atoms with Gasteiger partial charge in [-0.1, -0.05) is 43.7 Å². The SMILES string of the molecule is CCCCNc1nc(=O)ccn1Cc1ccccc1. The highest BCUT2D eigenvalue weighted by Crippen LogP contribution is 2.07. The lowest BCUT2D eigenvalue weighted by atomic mass is 10.2. The average molecular weight is 257 g/mol. The van der Waals surface area contributed by atoms with Crippen LogP contribution in [0.5, 0.6) is 0 Å². The monoisotopic (exact) mass is 257 g/mol. The van der Waals surface area contributed by atoms with Crippen LogP contribution < -0.4 is 10.9 Å². The van der Waals surface area contributed by atoms with Gasteiger partial charge >= 0.3 is 0 Å². The molecular weight excluding hydrogens is 238 g/mol. The van der Waals surface area contributed by atoms with Crippen LogP contribution in [0.15, 0.2) is 47.4 Å². The van der Waals surface area contributed by atoms with E-state index >= 15 is 0 Å². The molecule has 0 atom stereocenters. The number of anilines is 1. The molecule has 0 saturated heterocycles. The third-order valence-electron chi connectivity index (χ3n) is 2.89. The summed E-state index contributed by atoms with van der Waals surface area (Å²) < 4.78 is 1.96. The van der Waals surface area contributed by atoms with Gasteiger partial charge in [0.15, 0.2) is 0 Å². The lowest BCUT2D eigenvalue weighted by molar-refractivity contribution is 0.748. The summed E-state index contributed by atoms with van der Waals surface area (Å²) in [5.74, 6) is 0.643. The summed E-state index contributed by atoms with van der Waals surface area (Å²) >= 11 is 0. The van der Waals surface area contributed by atoms with Crippen molar-refractivity contribution in [3.05, 3.63) is 58.5 Å². The molecule has 1 heterocycles. The van der Waals surface area contributed by atoms with E-state index in [-0.39, 0.29) is 5.56 Å². The van der Waals surface area contributed by atoms with Crippen LogP contribution in [-0.2, 0) is 6.54 Å². The predicted octanol–water partition coefficient (Wildman–Crippen LogP) is 2.50. The van der Waals surface area contributed by atoms with Gasteiger partial charge in [-0.15, -0.1) is 0 Å². The zero-order valence-corrected chi connectivity index (χ0v) is 11.2. The summed E-state index contributed by atoms with van der Waals surface area (Å²) in [7, 11) is 0. The molecule has 0 bridgehead atoms. The Morgan fingerprint density at radius 3 is 2.74 bits per heavy atom. The lowest BCUT2D eigenvalue weighted by Crippen LogP contribution is -2.18. The summed E-state index contributed by atoms with van der Waals surface area (Å²) in [6.45, 7) is 3.68. The van der Waals surface area contributed by atoms with Crippen LogP contribution in [-0.4, -0.2) is 16.1 Å². The molecule has 4 nitrogen and oxygen atoms in total. The number of aromatic nitrogens is 2. The average Bonchev–Trinajstić information content (AvgIpc) is 2.43. The number of benzene rings is 1. The van der Waals surface area contributed by atoms with Crippen molar-refractivity contribution < 1.29 is 0 Å². The molecule has 0 aliphatic rings. The Balaban J connectivity index is 2.17. The quantitative estimate of drug-likeness (QED) is 0.809. The van der Waals surface area contributed by atoms with Crippen molar-refractivity contribution in [3.8, 4) is 0 Å². The summed E-state index contributed by atoms with van der Waals surface area (Å²) in [4.78, 5) is 15.4. The molecule has 1 aromatic heterocycles. The topological polar surface area (TPSA) is 46.9 Å². The minimum Gasteiger partial charge on any atom is -0.356 e. The van der Waals surface area contributed by atoms with E-state index in [1.54, 1.807) is 6.20 Å². The number of nitrogens with one attached hydrogen (secondary N) is 1. The van der Waals surface area contributed by atoms with Crippen molar-refractivity contribution in [2.24, 2.45) is 0 Å². The third-order valence-corrected chi connectivity index (χ3v) is 2.89. The largest absolute Gasteiger partial charge is 0.356 e. The molecule has 0 radical (unpaired) electrons. The molecule has 100 valence electrons. The van der Waals surface area contributed by atoms with Gasteiger partial charge in [0, 0.05) is 18.8 Å². The van der Waals surface area contributed by atoms with E-state index in [1.165, 1.54) is 11.6 Å². The summed E-state index contributed by atoms with van der Waals surface area (Å²) in [5, 5.41) is 3.23. The van der Waals surface area contributed by atoms with E-state index in [2.05, 4.69) is 29.4 Å². The second-order valence-corrected chi connectivity index (χ2v) is 4.48. The molecular formula is C15H19N3O. The van der Waals surface area contributed by atoms with Crippen LogP contribution in [0, 0.1) is 0 Å². The highest BCUT2D eigenvalue weighted by atomic mass is 16.1. The van der Waals surface area contributed by atoms with Crippen molar-refractivity contribution in [3.63, 3.8) is 0 Å². The van der Waals surface area contributed by atoms with E-state index < -0.39 is 0 Å². The minimum absolute atomic E-state index is 0.205. The number of hydrogen-bond donors (Lipinski definition) is 1. The van der Waals surface area contributed by atoms with Gasteiger partial charge in [0.2, 0.25) is 5.95 Å². The molecule has 0 aliphatic heterocycles. The van der Waals surface area contributed by atoms with Gasteiger partial charge < -0.3 is 9.88 Å². The first-order valence-electron chi connectivity index (χ1n) is 6.65. The normalized spacial score (nSPS) is 10.4. The number of nitrogens with zero attached hydrogens (tertiary/aromatic N) is 2. The Labute approximate surface area is 113 Å². The van der Waals surface area contributed by atoms with Crippen LogP contribution in [0.3, 0.4) is 0 Å². The smallest absolute Gasteiger partial charge is 0.274 e. The molecule has 2 rings (SSSR count). The van der Waals surface area contributed by atoms with E-state index in [0.29, 0.717) is 12.5 Å². The van der Waals surface area contributed by atoms with Gasteiger partial charge in [0.25, 0.3) is 5.56 Å². The fraction of sp³-hybridized carbons (Fsp3) is 0.333. The van der Waals surface area contributed by atoms with Crippen LogP contribution in [0.25, 0.3) is 0 Å². The first-order valence-corrected chi connectivity index (χ1v) is 6.65. The number of rotatable bonds is 6. The van der Waals surface area contributed by atoms with E-state index in [9.17, 15) is 4.79 Å². The lowest BCUT2D eigenvalue weighted by Gasteiger charge is -2.13. The maximum Gasteiger partial charge on any atom is 0.274 e. The van der Waals surface area contributed by atoms with Crippen LogP contribution in [0.2, 0.25) is 0 Å². The van der Waals surface area contributed by atoms with Gasteiger partial charge in [0.1, 0.15) is 0 Å². The van der Waals surface area contributed by atoms with Crippen LogP contribution in [0.4, 0.5) is 5.95 Å².